The third-order valence-corrected chi connectivity index (χ3v) is 10.2. The van der Waals surface area contributed by atoms with Crippen LogP contribution in [0.1, 0.15) is 105 Å². The molecule has 0 aromatic heterocycles. The van der Waals surface area contributed by atoms with Gasteiger partial charge in [-0.3, -0.25) is 0 Å². The molecule has 46 heavy (non-hydrogen) atoms. The lowest BCUT2D eigenvalue weighted by atomic mass is 9.78. The number of rotatable bonds is 10. The summed E-state index contributed by atoms with van der Waals surface area (Å²) in [6.07, 6.45) is 10.5. The van der Waals surface area contributed by atoms with E-state index in [2.05, 4.69) is 0 Å². The standard InChI is InChI=1S/C38H40F6O2/c1-2-3-4-5-25-12-15-27(34(40)33(25)39)23-8-6-22(7-9-23)20-45-26-13-10-24(11-14-26)28-16-17-29(36(42)35(28)41)30-18-19-31(32-21-46-32)38(44)37(30)43/h2-3,12,15-19,22-24,26,32H,4-11,13-14,20-21H2,1H3/b3-2+. The minimum Gasteiger partial charge on any atom is -0.378 e. The van der Waals surface area contributed by atoms with Gasteiger partial charge in [0.2, 0.25) is 0 Å². The SMILES string of the molecule is C/C=C/CCc1ccc(C2CCC(COC3CCC(c4ccc(-c5ccc(C6CO6)c(F)c5F)c(F)c4F)CC3)CC2)c(F)c1F. The van der Waals surface area contributed by atoms with E-state index in [9.17, 15) is 17.6 Å². The minimum absolute atomic E-state index is 0.000301. The van der Waals surface area contributed by atoms with Crippen LogP contribution in [0.5, 0.6) is 0 Å². The third-order valence-electron chi connectivity index (χ3n) is 10.2. The molecular formula is C38H40F6O2. The Bertz CT molecular complexity index is 1570. The normalized spacial score (nSPS) is 24.9. The summed E-state index contributed by atoms with van der Waals surface area (Å²) >= 11 is 0. The van der Waals surface area contributed by atoms with Crippen molar-refractivity contribution in [2.75, 3.05) is 13.2 Å². The van der Waals surface area contributed by atoms with Crippen molar-refractivity contribution in [1.29, 1.82) is 0 Å². The summed E-state index contributed by atoms with van der Waals surface area (Å²) in [6, 6.07) is 8.92. The van der Waals surface area contributed by atoms with Crippen LogP contribution in [0.25, 0.3) is 11.1 Å². The predicted octanol–water partition coefficient (Wildman–Crippen LogP) is 10.8. The summed E-state index contributed by atoms with van der Waals surface area (Å²) in [5.41, 5.74) is 0.588. The van der Waals surface area contributed by atoms with Gasteiger partial charge in [0.1, 0.15) is 6.10 Å². The molecule has 1 aliphatic heterocycles. The molecule has 0 radical (unpaired) electrons. The molecule has 1 unspecified atom stereocenters. The van der Waals surface area contributed by atoms with Gasteiger partial charge in [-0.15, -0.1) is 0 Å². The Morgan fingerprint density at radius 1 is 0.652 bits per heavy atom. The number of hydrogen-bond donors (Lipinski definition) is 0. The summed E-state index contributed by atoms with van der Waals surface area (Å²) in [5.74, 6) is -5.79. The van der Waals surface area contributed by atoms with Crippen molar-refractivity contribution in [2.45, 2.75) is 95.2 Å². The number of allylic oxidation sites excluding steroid dienone is 2. The number of hydrogen-bond acceptors (Lipinski definition) is 2. The van der Waals surface area contributed by atoms with Crippen LogP contribution >= 0.6 is 0 Å². The average Bonchev–Trinajstić information content (AvgIpc) is 3.91. The molecule has 1 saturated heterocycles. The Morgan fingerprint density at radius 2 is 1.17 bits per heavy atom. The van der Waals surface area contributed by atoms with E-state index >= 15 is 8.78 Å². The van der Waals surface area contributed by atoms with Gasteiger partial charge in [0.25, 0.3) is 0 Å². The van der Waals surface area contributed by atoms with Crippen molar-refractivity contribution in [3.05, 3.63) is 106 Å². The van der Waals surface area contributed by atoms with E-state index in [1.54, 1.807) is 12.1 Å². The van der Waals surface area contributed by atoms with Crippen molar-refractivity contribution in [3.8, 4) is 11.1 Å². The molecule has 6 rings (SSSR count). The molecule has 0 spiro atoms. The molecule has 0 N–H and O–H groups in total. The van der Waals surface area contributed by atoms with Crippen molar-refractivity contribution in [3.63, 3.8) is 0 Å². The number of halogens is 6. The molecule has 0 amide bonds. The van der Waals surface area contributed by atoms with Crippen LogP contribution in [0.3, 0.4) is 0 Å². The second-order valence-electron chi connectivity index (χ2n) is 13.1. The largest absolute Gasteiger partial charge is 0.378 e. The van der Waals surface area contributed by atoms with Crippen LogP contribution < -0.4 is 0 Å². The molecule has 1 heterocycles. The molecule has 246 valence electrons. The van der Waals surface area contributed by atoms with E-state index in [1.165, 1.54) is 24.3 Å². The van der Waals surface area contributed by atoms with Gasteiger partial charge < -0.3 is 9.47 Å². The smallest absolute Gasteiger partial charge is 0.167 e. The van der Waals surface area contributed by atoms with Crippen molar-refractivity contribution < 1.29 is 35.8 Å². The summed E-state index contributed by atoms with van der Waals surface area (Å²) in [5, 5.41) is 0. The Kier molecular flexibility index (Phi) is 10.2. The van der Waals surface area contributed by atoms with Gasteiger partial charge in [0.15, 0.2) is 34.9 Å². The van der Waals surface area contributed by atoms with Crippen LogP contribution in [0, 0.1) is 40.8 Å². The highest BCUT2D eigenvalue weighted by Gasteiger charge is 2.32. The molecule has 3 fully saturated rings. The molecule has 8 heteroatoms. The van der Waals surface area contributed by atoms with E-state index in [4.69, 9.17) is 9.47 Å². The average molecular weight is 643 g/mol. The number of ether oxygens (including phenoxy) is 2. The highest BCUT2D eigenvalue weighted by Crippen LogP contribution is 2.42. The molecular weight excluding hydrogens is 602 g/mol. The molecule has 2 aliphatic carbocycles. The Balaban J connectivity index is 0.986. The fraction of sp³-hybridized carbons (Fsp3) is 0.474. The van der Waals surface area contributed by atoms with Crippen molar-refractivity contribution in [2.24, 2.45) is 5.92 Å². The molecule has 3 aromatic carbocycles. The number of aryl methyl sites for hydroxylation is 1. The van der Waals surface area contributed by atoms with Crippen LogP contribution in [0.15, 0.2) is 48.6 Å². The van der Waals surface area contributed by atoms with Gasteiger partial charge in [0, 0.05) is 23.3 Å². The first kappa shape index (κ1) is 32.8. The summed E-state index contributed by atoms with van der Waals surface area (Å²) in [4.78, 5) is 0. The predicted molar refractivity (Wildman–Crippen MR) is 166 cm³/mol. The van der Waals surface area contributed by atoms with Crippen molar-refractivity contribution >= 4 is 0 Å². The maximum Gasteiger partial charge on any atom is 0.167 e. The highest BCUT2D eigenvalue weighted by molar-refractivity contribution is 5.66. The highest BCUT2D eigenvalue weighted by atomic mass is 19.2. The molecule has 2 nitrogen and oxygen atoms in total. The van der Waals surface area contributed by atoms with Crippen LogP contribution in [0.4, 0.5) is 26.3 Å². The van der Waals surface area contributed by atoms with E-state index in [1.807, 2.05) is 19.1 Å². The quantitative estimate of drug-likeness (QED) is 0.125. The van der Waals surface area contributed by atoms with E-state index < -0.39 is 41.0 Å². The topological polar surface area (TPSA) is 21.8 Å². The van der Waals surface area contributed by atoms with Crippen LogP contribution in [0.2, 0.25) is 0 Å². The molecule has 2 saturated carbocycles. The first-order valence-corrected chi connectivity index (χ1v) is 16.5. The van der Waals surface area contributed by atoms with Gasteiger partial charge in [-0.25, -0.2) is 26.3 Å². The monoisotopic (exact) mass is 642 g/mol. The molecule has 3 aliphatic rings. The van der Waals surface area contributed by atoms with Crippen LogP contribution in [-0.4, -0.2) is 19.3 Å². The lowest BCUT2D eigenvalue weighted by molar-refractivity contribution is -0.00294. The van der Waals surface area contributed by atoms with Gasteiger partial charge in [-0.1, -0.05) is 48.6 Å². The molecule has 0 bridgehead atoms. The first-order valence-electron chi connectivity index (χ1n) is 16.5. The molecule has 3 aromatic rings. The lowest BCUT2D eigenvalue weighted by Crippen LogP contribution is -2.26. The van der Waals surface area contributed by atoms with Gasteiger partial charge >= 0.3 is 0 Å². The lowest BCUT2D eigenvalue weighted by Gasteiger charge is -2.33. The minimum atomic E-state index is -1.21. The van der Waals surface area contributed by atoms with Crippen LogP contribution in [-0.2, 0) is 15.9 Å². The number of epoxide rings is 1. The summed E-state index contributed by atoms with van der Waals surface area (Å²) < 4.78 is 101. The van der Waals surface area contributed by atoms with Gasteiger partial charge in [0.05, 0.1) is 12.7 Å². The van der Waals surface area contributed by atoms with Gasteiger partial charge in [-0.05, 0) is 106 Å². The fourth-order valence-corrected chi connectivity index (χ4v) is 7.31. The zero-order valence-electron chi connectivity index (χ0n) is 26.1. The zero-order chi connectivity index (χ0) is 32.4. The Labute approximate surface area is 266 Å². The second kappa shape index (κ2) is 14.3. The van der Waals surface area contributed by atoms with Gasteiger partial charge in [-0.2, -0.15) is 0 Å². The molecule has 1 atom stereocenters. The second-order valence-corrected chi connectivity index (χ2v) is 13.1. The summed E-state index contributed by atoms with van der Waals surface area (Å²) in [6.45, 7) is 2.80. The maximum absolute atomic E-state index is 15.3. The van der Waals surface area contributed by atoms with Crippen molar-refractivity contribution in [1.82, 2.24) is 0 Å². The summed E-state index contributed by atoms with van der Waals surface area (Å²) in [7, 11) is 0. The zero-order valence-corrected chi connectivity index (χ0v) is 26.1. The van der Waals surface area contributed by atoms with E-state index in [-0.39, 0.29) is 40.2 Å². The fourth-order valence-electron chi connectivity index (χ4n) is 7.31. The Hall–Kier alpha value is -3.10. The first-order chi connectivity index (χ1) is 22.3. The Morgan fingerprint density at radius 3 is 1.76 bits per heavy atom. The third kappa shape index (κ3) is 6.93. The number of benzene rings is 3. The van der Waals surface area contributed by atoms with E-state index in [0.29, 0.717) is 68.8 Å². The maximum atomic E-state index is 15.3. The van der Waals surface area contributed by atoms with E-state index in [0.717, 1.165) is 25.7 Å².